The molecule has 0 unspecified atom stereocenters. The molecule has 3 rings (SSSR count). The highest BCUT2D eigenvalue weighted by molar-refractivity contribution is 7.99. The van der Waals surface area contributed by atoms with E-state index >= 15 is 0 Å². The minimum Gasteiger partial charge on any atom is -0.506 e. The molecule has 0 atom stereocenters. The number of phenols is 1. The number of nitrogens with zero attached hydrogens (tertiary/aromatic N) is 1. The van der Waals surface area contributed by atoms with Crippen molar-refractivity contribution in [2.24, 2.45) is 0 Å². The Morgan fingerprint density at radius 1 is 1.11 bits per heavy atom. The van der Waals surface area contributed by atoms with Crippen LogP contribution in [0, 0.1) is 0 Å². The van der Waals surface area contributed by atoms with Gasteiger partial charge in [0.2, 0.25) is 0 Å². The summed E-state index contributed by atoms with van der Waals surface area (Å²) in [4.78, 5) is 14.7. The van der Waals surface area contributed by atoms with E-state index in [2.05, 4.69) is 0 Å². The molecule has 3 nitrogen and oxygen atoms in total. The standard InChI is InChI=1S/C13H8ClNO2S/c14-13(17)15-8-4-1-2-6-10(8)18-11-7-3-5-9(16)12(11)15/h1-7,16H. The summed E-state index contributed by atoms with van der Waals surface area (Å²) in [5.41, 5.74) is 1.14. The molecule has 1 amide bonds. The van der Waals surface area contributed by atoms with E-state index in [1.807, 2.05) is 24.3 Å². The van der Waals surface area contributed by atoms with Gasteiger partial charge in [0, 0.05) is 9.79 Å². The Hall–Kier alpha value is -1.65. The highest BCUT2D eigenvalue weighted by Gasteiger charge is 2.29. The van der Waals surface area contributed by atoms with E-state index in [-0.39, 0.29) is 5.75 Å². The van der Waals surface area contributed by atoms with Crippen molar-refractivity contribution < 1.29 is 9.90 Å². The molecule has 0 bridgehead atoms. The summed E-state index contributed by atoms with van der Waals surface area (Å²) in [6, 6.07) is 12.6. The molecule has 1 aliphatic heterocycles. The van der Waals surface area contributed by atoms with Crippen molar-refractivity contribution >= 4 is 40.1 Å². The predicted molar refractivity (Wildman–Crippen MR) is 72.1 cm³/mol. The van der Waals surface area contributed by atoms with Gasteiger partial charge in [0.25, 0.3) is 0 Å². The van der Waals surface area contributed by atoms with Gasteiger partial charge in [-0.3, -0.25) is 9.69 Å². The molecule has 0 radical (unpaired) electrons. The van der Waals surface area contributed by atoms with Crippen molar-refractivity contribution in [3.63, 3.8) is 0 Å². The lowest BCUT2D eigenvalue weighted by Gasteiger charge is -2.29. The van der Waals surface area contributed by atoms with Crippen LogP contribution in [-0.2, 0) is 0 Å². The lowest BCUT2D eigenvalue weighted by Crippen LogP contribution is -2.23. The van der Waals surface area contributed by atoms with Gasteiger partial charge >= 0.3 is 5.37 Å². The van der Waals surface area contributed by atoms with Crippen LogP contribution in [-0.4, -0.2) is 10.5 Å². The molecule has 18 heavy (non-hydrogen) atoms. The summed E-state index contributed by atoms with van der Waals surface area (Å²) in [5, 5.41) is 9.30. The highest BCUT2D eigenvalue weighted by Crippen LogP contribution is 2.51. The van der Waals surface area contributed by atoms with Crippen molar-refractivity contribution in [3.8, 4) is 5.75 Å². The van der Waals surface area contributed by atoms with E-state index < -0.39 is 5.37 Å². The lowest BCUT2D eigenvalue weighted by molar-refractivity contribution is 0.265. The molecule has 1 N–H and O–H groups in total. The second kappa shape index (κ2) is 4.23. The second-order valence-corrected chi connectivity index (χ2v) is 5.19. The topological polar surface area (TPSA) is 40.5 Å². The Kier molecular flexibility index (Phi) is 2.69. The molecule has 90 valence electrons. The fourth-order valence-corrected chi connectivity index (χ4v) is 3.23. The van der Waals surface area contributed by atoms with Gasteiger partial charge in [-0.2, -0.15) is 0 Å². The van der Waals surface area contributed by atoms with Gasteiger partial charge < -0.3 is 5.11 Å². The Bertz CT molecular complexity index is 645. The molecular weight excluding hydrogens is 270 g/mol. The molecule has 2 aromatic rings. The summed E-state index contributed by atoms with van der Waals surface area (Å²) in [6.45, 7) is 0. The van der Waals surface area contributed by atoms with E-state index in [0.29, 0.717) is 11.4 Å². The van der Waals surface area contributed by atoms with E-state index in [9.17, 15) is 9.90 Å². The Morgan fingerprint density at radius 3 is 2.61 bits per heavy atom. The monoisotopic (exact) mass is 277 g/mol. The highest BCUT2D eigenvalue weighted by atomic mass is 35.5. The summed E-state index contributed by atoms with van der Waals surface area (Å²) in [5.74, 6) is 0.0449. The summed E-state index contributed by atoms with van der Waals surface area (Å²) >= 11 is 7.16. The van der Waals surface area contributed by atoms with Crippen molar-refractivity contribution in [2.75, 3.05) is 4.90 Å². The first-order valence-corrected chi connectivity index (χ1v) is 6.46. The van der Waals surface area contributed by atoms with Crippen molar-refractivity contribution in [1.29, 1.82) is 0 Å². The van der Waals surface area contributed by atoms with E-state index in [4.69, 9.17) is 11.6 Å². The van der Waals surface area contributed by atoms with Crippen LogP contribution in [0.2, 0.25) is 0 Å². The predicted octanol–water partition coefficient (Wildman–Crippen LogP) is 4.35. The smallest absolute Gasteiger partial charge is 0.325 e. The quantitative estimate of drug-likeness (QED) is 0.575. The second-order valence-electron chi connectivity index (χ2n) is 3.78. The number of hydrogen-bond acceptors (Lipinski definition) is 3. The van der Waals surface area contributed by atoms with Crippen LogP contribution in [0.3, 0.4) is 0 Å². The van der Waals surface area contributed by atoms with Gasteiger partial charge in [-0.05, 0) is 35.9 Å². The van der Waals surface area contributed by atoms with Crippen LogP contribution in [0.15, 0.2) is 52.3 Å². The van der Waals surface area contributed by atoms with Crippen molar-refractivity contribution in [2.45, 2.75) is 9.79 Å². The van der Waals surface area contributed by atoms with E-state index in [1.54, 1.807) is 18.2 Å². The van der Waals surface area contributed by atoms with Gasteiger partial charge in [-0.25, -0.2) is 0 Å². The summed E-state index contributed by atoms with van der Waals surface area (Å²) in [7, 11) is 0. The van der Waals surface area contributed by atoms with Gasteiger partial charge in [-0.15, -0.1) is 0 Å². The molecular formula is C13H8ClNO2S. The fraction of sp³-hybridized carbons (Fsp3) is 0. The number of benzene rings is 2. The average molecular weight is 278 g/mol. The molecule has 0 fully saturated rings. The third-order valence-corrected chi connectivity index (χ3v) is 3.99. The SMILES string of the molecule is O=C(Cl)N1c2ccccc2Sc2cccc(O)c21. The number of halogens is 1. The number of fused-ring (bicyclic) bond motifs is 2. The van der Waals surface area contributed by atoms with Crippen LogP contribution in [0.1, 0.15) is 0 Å². The minimum absolute atomic E-state index is 0.0449. The normalized spacial score (nSPS) is 12.8. The van der Waals surface area contributed by atoms with E-state index in [0.717, 1.165) is 9.79 Å². The van der Waals surface area contributed by atoms with Crippen molar-refractivity contribution in [3.05, 3.63) is 42.5 Å². The first-order chi connectivity index (χ1) is 8.68. The Balaban J connectivity index is 2.28. The number of carbonyl (C=O) groups excluding carboxylic acids is 1. The number of hydrogen-bond donors (Lipinski definition) is 1. The van der Waals surface area contributed by atoms with Gasteiger partial charge in [0.05, 0.1) is 5.69 Å². The van der Waals surface area contributed by atoms with Crippen LogP contribution < -0.4 is 4.90 Å². The Morgan fingerprint density at radius 2 is 1.83 bits per heavy atom. The number of amides is 1. The van der Waals surface area contributed by atoms with Crippen molar-refractivity contribution in [1.82, 2.24) is 0 Å². The molecule has 0 saturated carbocycles. The number of carbonyl (C=O) groups is 1. The minimum atomic E-state index is -0.634. The van der Waals surface area contributed by atoms with Crippen LogP contribution >= 0.6 is 23.4 Å². The fourth-order valence-electron chi connectivity index (χ4n) is 1.97. The zero-order valence-electron chi connectivity index (χ0n) is 9.13. The molecule has 1 aliphatic rings. The van der Waals surface area contributed by atoms with Gasteiger partial charge in [0.15, 0.2) is 0 Å². The third kappa shape index (κ3) is 1.65. The largest absolute Gasteiger partial charge is 0.506 e. The molecule has 0 saturated heterocycles. The maximum Gasteiger partial charge on any atom is 0.325 e. The zero-order chi connectivity index (χ0) is 12.7. The molecule has 2 aromatic carbocycles. The van der Waals surface area contributed by atoms with Crippen LogP contribution in [0.25, 0.3) is 0 Å². The van der Waals surface area contributed by atoms with E-state index in [1.165, 1.54) is 16.7 Å². The summed E-state index contributed by atoms with van der Waals surface area (Å²) in [6.07, 6.45) is 0. The van der Waals surface area contributed by atoms with Crippen LogP contribution in [0.5, 0.6) is 5.75 Å². The number of phenolic OH excluding ortho intramolecular Hbond substituents is 1. The number of aromatic hydroxyl groups is 1. The van der Waals surface area contributed by atoms with Crippen LogP contribution in [0.4, 0.5) is 16.2 Å². The maximum atomic E-state index is 11.6. The third-order valence-electron chi connectivity index (χ3n) is 2.70. The first kappa shape index (κ1) is 11.4. The molecule has 1 heterocycles. The number of rotatable bonds is 0. The zero-order valence-corrected chi connectivity index (χ0v) is 10.7. The lowest BCUT2D eigenvalue weighted by atomic mass is 10.2. The molecule has 0 aromatic heterocycles. The van der Waals surface area contributed by atoms with Gasteiger partial charge in [0.1, 0.15) is 11.4 Å². The molecule has 0 aliphatic carbocycles. The first-order valence-electron chi connectivity index (χ1n) is 5.27. The number of anilines is 2. The number of para-hydroxylation sites is 2. The molecule has 0 spiro atoms. The summed E-state index contributed by atoms with van der Waals surface area (Å²) < 4.78 is 0. The molecule has 5 heteroatoms. The Labute approximate surface area is 113 Å². The average Bonchev–Trinajstić information content (AvgIpc) is 2.36. The van der Waals surface area contributed by atoms with Gasteiger partial charge in [-0.1, -0.05) is 30.0 Å². The maximum absolute atomic E-state index is 11.6.